The molecule has 2 rings (SSSR count). The molecule has 0 radical (unpaired) electrons. The fourth-order valence-electron chi connectivity index (χ4n) is 1.74. The molecule has 2 aromatic carbocycles. The molecule has 0 unspecified atom stereocenters. The Morgan fingerprint density at radius 1 is 1.25 bits per heavy atom. The van der Waals surface area contributed by atoms with Crippen molar-refractivity contribution >= 4 is 50.8 Å². The maximum Gasteiger partial charge on any atom is 0.340 e. The predicted octanol–water partition coefficient (Wildman–Crippen LogP) is 3.81. The zero-order valence-electron chi connectivity index (χ0n) is 12.0. The maximum atomic E-state index is 11.8. The summed E-state index contributed by atoms with van der Waals surface area (Å²) in [6, 6.07) is 10.2. The van der Waals surface area contributed by atoms with E-state index in [1.54, 1.807) is 12.1 Å². The number of anilines is 1. The molecule has 7 nitrogen and oxygen atoms in total. The van der Waals surface area contributed by atoms with Crippen LogP contribution in [0.2, 0.25) is 5.02 Å². The van der Waals surface area contributed by atoms with Gasteiger partial charge >= 0.3 is 5.97 Å². The van der Waals surface area contributed by atoms with Gasteiger partial charge in [0.25, 0.3) is 11.6 Å². The minimum absolute atomic E-state index is 0.120. The number of non-ortho nitro benzene ring substituents is 1. The largest absolute Gasteiger partial charge is 0.452 e. The number of halogens is 2. The molecule has 9 heteroatoms. The summed E-state index contributed by atoms with van der Waals surface area (Å²) in [6.07, 6.45) is 0. The third kappa shape index (κ3) is 4.53. The first-order valence-electron chi connectivity index (χ1n) is 6.54. The van der Waals surface area contributed by atoms with E-state index in [1.165, 1.54) is 30.3 Å². The van der Waals surface area contributed by atoms with Crippen LogP contribution in [0, 0.1) is 10.1 Å². The number of nitro groups is 1. The lowest BCUT2D eigenvalue weighted by Gasteiger charge is -2.08. The highest BCUT2D eigenvalue weighted by molar-refractivity contribution is 9.10. The summed E-state index contributed by atoms with van der Waals surface area (Å²) in [5, 5.41) is 13.4. The first kappa shape index (κ1) is 17.9. The van der Waals surface area contributed by atoms with Crippen LogP contribution in [0.4, 0.5) is 11.4 Å². The highest BCUT2D eigenvalue weighted by Gasteiger charge is 2.15. The van der Waals surface area contributed by atoms with E-state index in [4.69, 9.17) is 16.3 Å². The Morgan fingerprint density at radius 3 is 2.58 bits per heavy atom. The topological polar surface area (TPSA) is 98.5 Å². The minimum Gasteiger partial charge on any atom is -0.452 e. The molecule has 24 heavy (non-hydrogen) atoms. The summed E-state index contributed by atoms with van der Waals surface area (Å²) in [4.78, 5) is 33.8. The molecule has 0 spiro atoms. The van der Waals surface area contributed by atoms with Crippen LogP contribution in [0.25, 0.3) is 0 Å². The van der Waals surface area contributed by atoms with Crippen LogP contribution in [0.5, 0.6) is 0 Å². The number of carbonyl (C=O) groups is 2. The summed E-state index contributed by atoms with van der Waals surface area (Å²) in [5.74, 6) is -1.32. The molecular formula is C15H10BrClN2O5. The molecule has 0 aliphatic rings. The average molecular weight is 414 g/mol. The summed E-state index contributed by atoms with van der Waals surface area (Å²) in [6.45, 7) is -0.520. The standard InChI is InChI=1S/C15H10BrClN2O5/c16-11-7-9(19(22)23)5-6-13(11)18-14(20)8-24-15(21)10-3-1-2-4-12(10)17/h1-7H,8H2,(H,18,20). The van der Waals surface area contributed by atoms with Gasteiger partial charge < -0.3 is 10.1 Å². The average Bonchev–Trinajstić information content (AvgIpc) is 2.54. The second kappa shape index (κ2) is 7.89. The summed E-state index contributed by atoms with van der Waals surface area (Å²) in [7, 11) is 0. The Balaban J connectivity index is 1.95. The van der Waals surface area contributed by atoms with Gasteiger partial charge in [-0.25, -0.2) is 4.79 Å². The lowest BCUT2D eigenvalue weighted by atomic mass is 10.2. The third-order valence-corrected chi connectivity index (χ3v) is 3.85. The van der Waals surface area contributed by atoms with E-state index < -0.39 is 23.4 Å². The van der Waals surface area contributed by atoms with Gasteiger partial charge in [0.2, 0.25) is 0 Å². The molecule has 1 amide bonds. The van der Waals surface area contributed by atoms with Gasteiger partial charge in [-0.1, -0.05) is 23.7 Å². The second-order valence-corrected chi connectivity index (χ2v) is 5.79. The van der Waals surface area contributed by atoms with Crippen molar-refractivity contribution in [3.05, 3.63) is 67.6 Å². The SMILES string of the molecule is O=C(COC(=O)c1ccccc1Cl)Nc1ccc([N+](=O)[O-])cc1Br. The number of nitrogens with zero attached hydrogens (tertiary/aromatic N) is 1. The van der Waals surface area contributed by atoms with E-state index in [2.05, 4.69) is 21.2 Å². The van der Waals surface area contributed by atoms with Crippen LogP contribution in [0.3, 0.4) is 0 Å². The van der Waals surface area contributed by atoms with E-state index in [1.807, 2.05) is 0 Å². The van der Waals surface area contributed by atoms with E-state index in [9.17, 15) is 19.7 Å². The van der Waals surface area contributed by atoms with Crippen molar-refractivity contribution in [1.29, 1.82) is 0 Å². The number of rotatable bonds is 5. The number of esters is 1. The number of hydrogen-bond donors (Lipinski definition) is 1. The highest BCUT2D eigenvalue weighted by Crippen LogP contribution is 2.27. The molecule has 0 aliphatic heterocycles. The van der Waals surface area contributed by atoms with Gasteiger partial charge in [-0.3, -0.25) is 14.9 Å². The molecule has 0 bridgehead atoms. The number of nitrogens with one attached hydrogen (secondary N) is 1. The molecule has 0 heterocycles. The van der Waals surface area contributed by atoms with E-state index in [-0.39, 0.29) is 16.3 Å². The number of nitro benzene ring substituents is 1. The molecule has 0 saturated heterocycles. The Labute approximate surface area is 149 Å². The smallest absolute Gasteiger partial charge is 0.340 e. The summed E-state index contributed by atoms with van der Waals surface area (Å²) in [5.41, 5.74) is 0.355. The molecule has 0 fully saturated rings. The first-order chi connectivity index (χ1) is 11.4. The maximum absolute atomic E-state index is 11.8. The number of carbonyl (C=O) groups excluding carboxylic acids is 2. The second-order valence-electron chi connectivity index (χ2n) is 4.53. The molecule has 124 valence electrons. The lowest BCUT2D eigenvalue weighted by Crippen LogP contribution is -2.21. The zero-order chi connectivity index (χ0) is 17.7. The van der Waals surface area contributed by atoms with Crippen LogP contribution in [-0.2, 0) is 9.53 Å². The molecule has 0 aromatic heterocycles. The van der Waals surface area contributed by atoms with Crippen molar-refractivity contribution in [2.45, 2.75) is 0 Å². The van der Waals surface area contributed by atoms with Crippen LogP contribution < -0.4 is 5.32 Å². The number of amides is 1. The van der Waals surface area contributed by atoms with Crippen LogP contribution >= 0.6 is 27.5 Å². The van der Waals surface area contributed by atoms with Crippen molar-refractivity contribution in [1.82, 2.24) is 0 Å². The number of hydrogen-bond acceptors (Lipinski definition) is 5. The van der Waals surface area contributed by atoms with Gasteiger partial charge in [0.05, 0.1) is 21.2 Å². The van der Waals surface area contributed by atoms with Crippen molar-refractivity contribution < 1.29 is 19.2 Å². The first-order valence-corrected chi connectivity index (χ1v) is 7.71. The van der Waals surface area contributed by atoms with E-state index >= 15 is 0 Å². The van der Waals surface area contributed by atoms with Crippen molar-refractivity contribution in [2.75, 3.05) is 11.9 Å². The number of benzene rings is 2. The lowest BCUT2D eigenvalue weighted by molar-refractivity contribution is -0.384. The normalized spacial score (nSPS) is 10.1. The fourth-order valence-corrected chi connectivity index (χ4v) is 2.42. The van der Waals surface area contributed by atoms with E-state index in [0.717, 1.165) is 0 Å². The van der Waals surface area contributed by atoms with E-state index in [0.29, 0.717) is 10.2 Å². The monoisotopic (exact) mass is 412 g/mol. The summed E-state index contributed by atoms with van der Waals surface area (Å²) >= 11 is 8.99. The molecule has 2 aromatic rings. The van der Waals surface area contributed by atoms with Crippen molar-refractivity contribution in [2.24, 2.45) is 0 Å². The third-order valence-electron chi connectivity index (χ3n) is 2.87. The zero-order valence-corrected chi connectivity index (χ0v) is 14.3. The molecule has 0 aliphatic carbocycles. The predicted molar refractivity (Wildman–Crippen MR) is 91.2 cm³/mol. The van der Waals surface area contributed by atoms with Crippen LogP contribution in [0.15, 0.2) is 46.9 Å². The Kier molecular flexibility index (Phi) is 5.88. The summed E-state index contributed by atoms with van der Waals surface area (Å²) < 4.78 is 5.22. The van der Waals surface area contributed by atoms with Crippen molar-refractivity contribution in [3.63, 3.8) is 0 Å². The Bertz CT molecular complexity index is 812. The number of ether oxygens (including phenoxy) is 1. The quantitative estimate of drug-likeness (QED) is 0.456. The van der Waals surface area contributed by atoms with Gasteiger partial charge in [-0.05, 0) is 34.1 Å². The fraction of sp³-hybridized carbons (Fsp3) is 0.0667. The van der Waals surface area contributed by atoms with Crippen molar-refractivity contribution in [3.8, 4) is 0 Å². The minimum atomic E-state index is -0.724. The molecule has 1 N–H and O–H groups in total. The molecule has 0 atom stereocenters. The molecule has 0 saturated carbocycles. The van der Waals surface area contributed by atoms with Gasteiger partial charge in [-0.2, -0.15) is 0 Å². The highest BCUT2D eigenvalue weighted by atomic mass is 79.9. The molecular weight excluding hydrogens is 404 g/mol. The van der Waals surface area contributed by atoms with Gasteiger partial charge in [0, 0.05) is 16.6 Å². The van der Waals surface area contributed by atoms with Gasteiger partial charge in [0.1, 0.15) is 0 Å². The Hall–Kier alpha value is -2.45. The van der Waals surface area contributed by atoms with Crippen LogP contribution in [-0.4, -0.2) is 23.4 Å². The van der Waals surface area contributed by atoms with Crippen LogP contribution in [0.1, 0.15) is 10.4 Å². The van der Waals surface area contributed by atoms with Gasteiger partial charge in [0.15, 0.2) is 6.61 Å². The van der Waals surface area contributed by atoms with Gasteiger partial charge in [-0.15, -0.1) is 0 Å². The Morgan fingerprint density at radius 2 is 1.96 bits per heavy atom.